The monoisotopic (exact) mass is 529 g/mol. The molecule has 1 aromatic carbocycles. The highest BCUT2D eigenvalue weighted by atomic mass is 35.5. The molecule has 4 aromatic rings. The number of nitrogens with zero attached hydrogens (tertiary/aromatic N) is 6. The van der Waals surface area contributed by atoms with E-state index in [0.717, 1.165) is 0 Å². The summed E-state index contributed by atoms with van der Waals surface area (Å²) in [6.45, 7) is 3.37. The van der Waals surface area contributed by atoms with Crippen LogP contribution in [0.2, 0.25) is 5.02 Å². The van der Waals surface area contributed by atoms with Crippen molar-refractivity contribution in [3.8, 4) is 28.8 Å². The van der Waals surface area contributed by atoms with E-state index in [2.05, 4.69) is 29.9 Å². The van der Waals surface area contributed by atoms with Crippen LogP contribution in [0.1, 0.15) is 25.5 Å². The number of sulfonamides is 1. The first-order chi connectivity index (χ1) is 17.3. The van der Waals surface area contributed by atoms with E-state index in [9.17, 15) is 8.42 Å². The molecule has 0 spiro atoms. The van der Waals surface area contributed by atoms with E-state index in [-0.39, 0.29) is 23.4 Å². The molecule has 11 nitrogen and oxygen atoms in total. The fourth-order valence-corrected chi connectivity index (χ4v) is 4.92. The van der Waals surface area contributed by atoms with Crippen molar-refractivity contribution in [2.24, 2.45) is 0 Å². The van der Waals surface area contributed by atoms with Gasteiger partial charge < -0.3 is 9.47 Å². The standard InChI is InChI=1S/C23H24ClN7O4S/c1-14(18-11-10-17(24)12-25-18)15(2)36(32,33)30-23-29-28-20(16-8-6-5-7-9-16)31(23)19-21(34-3)26-13-27-22(19)35-4/h5-15H,1-4H3,(H,29,30)/t14-,15-/m0/s1. The molecule has 188 valence electrons. The number of aromatic nitrogens is 6. The number of benzene rings is 1. The Morgan fingerprint density at radius 3 is 2.19 bits per heavy atom. The molecule has 3 aromatic heterocycles. The van der Waals surface area contributed by atoms with Crippen LogP contribution in [-0.4, -0.2) is 57.6 Å². The number of rotatable bonds is 9. The Kier molecular flexibility index (Phi) is 7.36. The molecule has 0 aliphatic rings. The van der Waals surface area contributed by atoms with Crippen LogP contribution in [-0.2, 0) is 10.0 Å². The molecule has 0 saturated heterocycles. The number of methoxy groups -OCH3 is 2. The Balaban J connectivity index is 1.81. The van der Waals surface area contributed by atoms with Crippen molar-refractivity contribution in [3.05, 3.63) is 65.7 Å². The highest BCUT2D eigenvalue weighted by molar-refractivity contribution is 7.93. The van der Waals surface area contributed by atoms with Crippen molar-refractivity contribution >= 4 is 27.6 Å². The highest BCUT2D eigenvalue weighted by Gasteiger charge is 2.32. The third-order valence-electron chi connectivity index (χ3n) is 5.70. The predicted octanol–water partition coefficient (Wildman–Crippen LogP) is 3.72. The second-order valence-electron chi connectivity index (χ2n) is 7.83. The summed E-state index contributed by atoms with van der Waals surface area (Å²) in [6.07, 6.45) is 2.76. The minimum Gasteiger partial charge on any atom is -0.479 e. The van der Waals surface area contributed by atoms with Gasteiger partial charge in [-0.3, -0.25) is 14.3 Å². The molecule has 0 bridgehead atoms. The molecule has 13 heteroatoms. The molecule has 0 aliphatic carbocycles. The van der Waals surface area contributed by atoms with E-state index < -0.39 is 21.2 Å². The minimum atomic E-state index is -3.98. The van der Waals surface area contributed by atoms with Gasteiger partial charge in [0.05, 0.1) is 24.5 Å². The van der Waals surface area contributed by atoms with E-state index in [1.807, 2.05) is 30.3 Å². The molecular formula is C23H24ClN7O4S. The summed E-state index contributed by atoms with van der Waals surface area (Å²) in [5.74, 6) is 0.0918. The first-order valence-corrected chi connectivity index (χ1v) is 12.8. The molecular weight excluding hydrogens is 506 g/mol. The normalized spacial score (nSPS) is 13.1. The van der Waals surface area contributed by atoms with E-state index >= 15 is 0 Å². The van der Waals surface area contributed by atoms with Crippen LogP contribution in [0.4, 0.5) is 5.95 Å². The lowest BCUT2D eigenvalue weighted by Crippen LogP contribution is -2.31. The molecule has 0 saturated carbocycles. The molecule has 36 heavy (non-hydrogen) atoms. The van der Waals surface area contributed by atoms with Gasteiger partial charge in [0.2, 0.25) is 27.7 Å². The number of pyridine rings is 1. The first-order valence-electron chi connectivity index (χ1n) is 10.8. The number of halogens is 1. The zero-order chi connectivity index (χ0) is 25.9. The largest absolute Gasteiger partial charge is 0.479 e. The van der Waals surface area contributed by atoms with E-state index in [4.69, 9.17) is 21.1 Å². The van der Waals surface area contributed by atoms with Crippen molar-refractivity contribution in [1.82, 2.24) is 29.7 Å². The summed E-state index contributed by atoms with van der Waals surface area (Å²) in [5, 5.41) is 8.00. The van der Waals surface area contributed by atoms with Crippen molar-refractivity contribution in [3.63, 3.8) is 0 Å². The van der Waals surface area contributed by atoms with Crippen LogP contribution < -0.4 is 14.2 Å². The third-order valence-corrected chi connectivity index (χ3v) is 7.78. The third kappa shape index (κ3) is 4.95. The molecule has 3 heterocycles. The lowest BCUT2D eigenvalue weighted by atomic mass is 10.0. The van der Waals surface area contributed by atoms with Crippen LogP contribution in [0.15, 0.2) is 55.0 Å². The highest BCUT2D eigenvalue weighted by Crippen LogP contribution is 2.35. The Labute approximate surface area is 213 Å². The lowest BCUT2D eigenvalue weighted by molar-refractivity contribution is 0.368. The molecule has 1 N–H and O–H groups in total. The zero-order valence-electron chi connectivity index (χ0n) is 20.0. The number of hydrogen-bond acceptors (Lipinski definition) is 9. The van der Waals surface area contributed by atoms with Gasteiger partial charge in [0.15, 0.2) is 11.5 Å². The SMILES string of the molecule is COc1ncnc(OC)c1-n1c(NS(=O)(=O)[C@@H](C)[C@H](C)c2ccc(Cl)cn2)nnc1-c1ccccc1. The fourth-order valence-electron chi connectivity index (χ4n) is 3.56. The van der Waals surface area contributed by atoms with Crippen LogP contribution in [0.5, 0.6) is 11.8 Å². The van der Waals surface area contributed by atoms with Crippen LogP contribution in [0.25, 0.3) is 17.1 Å². The van der Waals surface area contributed by atoms with Gasteiger partial charge in [-0.15, -0.1) is 10.2 Å². The predicted molar refractivity (Wildman–Crippen MR) is 135 cm³/mol. The minimum absolute atomic E-state index is 0.0802. The van der Waals surface area contributed by atoms with Gasteiger partial charge in [-0.2, -0.15) is 9.97 Å². The van der Waals surface area contributed by atoms with Crippen molar-refractivity contribution in [2.75, 3.05) is 18.9 Å². The molecule has 0 aliphatic heterocycles. The maximum Gasteiger partial charge on any atom is 0.245 e. The zero-order valence-corrected chi connectivity index (χ0v) is 21.5. The Hall–Kier alpha value is -3.77. The average Bonchev–Trinajstić information content (AvgIpc) is 3.30. The van der Waals surface area contributed by atoms with Gasteiger partial charge in [0.25, 0.3) is 0 Å². The summed E-state index contributed by atoms with van der Waals surface area (Å²) in [6, 6.07) is 12.5. The average molecular weight is 530 g/mol. The smallest absolute Gasteiger partial charge is 0.245 e. The molecule has 4 rings (SSSR count). The Morgan fingerprint density at radius 2 is 1.61 bits per heavy atom. The Morgan fingerprint density at radius 1 is 0.944 bits per heavy atom. The number of anilines is 1. The summed E-state index contributed by atoms with van der Waals surface area (Å²) in [7, 11) is -1.11. The van der Waals surface area contributed by atoms with Crippen molar-refractivity contribution in [1.29, 1.82) is 0 Å². The van der Waals surface area contributed by atoms with Crippen molar-refractivity contribution < 1.29 is 17.9 Å². The van der Waals surface area contributed by atoms with Crippen LogP contribution in [0, 0.1) is 0 Å². The Bertz CT molecular complexity index is 1430. The molecule has 0 fully saturated rings. The molecule has 0 amide bonds. The summed E-state index contributed by atoms with van der Waals surface area (Å²) >= 11 is 5.93. The fraction of sp³-hybridized carbons (Fsp3) is 0.261. The van der Waals surface area contributed by atoms with Gasteiger partial charge >= 0.3 is 0 Å². The van der Waals surface area contributed by atoms with Gasteiger partial charge in [0, 0.05) is 23.4 Å². The van der Waals surface area contributed by atoms with Crippen LogP contribution in [0.3, 0.4) is 0 Å². The maximum atomic E-state index is 13.5. The first kappa shape index (κ1) is 25.3. The van der Waals surface area contributed by atoms with Gasteiger partial charge in [-0.1, -0.05) is 48.9 Å². The maximum absolute atomic E-state index is 13.5. The van der Waals surface area contributed by atoms with Gasteiger partial charge in [-0.05, 0) is 19.1 Å². The molecule has 0 unspecified atom stereocenters. The second-order valence-corrected chi connectivity index (χ2v) is 10.3. The van der Waals surface area contributed by atoms with E-state index in [1.54, 1.807) is 26.0 Å². The molecule has 2 atom stereocenters. The topological polar surface area (TPSA) is 134 Å². The number of ether oxygens (including phenoxy) is 2. The summed E-state index contributed by atoms with van der Waals surface area (Å²) < 4.78 is 41.9. The van der Waals surface area contributed by atoms with Crippen LogP contribution >= 0.6 is 11.6 Å². The number of nitrogens with one attached hydrogen (secondary N) is 1. The van der Waals surface area contributed by atoms with Gasteiger partial charge in [0.1, 0.15) is 6.33 Å². The number of hydrogen-bond donors (Lipinski definition) is 1. The van der Waals surface area contributed by atoms with Crippen molar-refractivity contribution in [2.45, 2.75) is 25.0 Å². The second kappa shape index (κ2) is 10.5. The van der Waals surface area contributed by atoms with E-state index in [1.165, 1.54) is 31.3 Å². The lowest BCUT2D eigenvalue weighted by Gasteiger charge is -2.21. The molecule has 0 radical (unpaired) electrons. The van der Waals surface area contributed by atoms with Gasteiger partial charge in [-0.25, -0.2) is 8.42 Å². The quantitative estimate of drug-likeness (QED) is 0.344. The van der Waals surface area contributed by atoms with E-state index in [0.29, 0.717) is 22.1 Å². The summed E-state index contributed by atoms with van der Waals surface area (Å²) in [5.41, 5.74) is 1.50. The summed E-state index contributed by atoms with van der Waals surface area (Å²) in [4.78, 5) is 12.6.